The van der Waals surface area contributed by atoms with E-state index >= 15 is 0 Å². The number of sulfonamides is 1. The second-order valence-corrected chi connectivity index (χ2v) is 16.8. The van der Waals surface area contributed by atoms with Crippen LogP contribution in [-0.2, 0) is 33.9 Å². The molecule has 2 heterocycles. The molecule has 4 amide bonds. The van der Waals surface area contributed by atoms with Gasteiger partial charge < -0.3 is 29.7 Å². The van der Waals surface area contributed by atoms with Gasteiger partial charge >= 0.3 is 6.09 Å². The van der Waals surface area contributed by atoms with E-state index in [0.717, 1.165) is 5.39 Å². The van der Waals surface area contributed by atoms with Crippen molar-refractivity contribution in [1.82, 2.24) is 25.2 Å². The van der Waals surface area contributed by atoms with E-state index < -0.39 is 74.3 Å². The summed E-state index contributed by atoms with van der Waals surface area (Å²) in [6, 6.07) is 4.62. The number of hydrogen-bond donors (Lipinski definition) is 3. The summed E-state index contributed by atoms with van der Waals surface area (Å²) in [5.74, 6) is -2.23. The van der Waals surface area contributed by atoms with Crippen molar-refractivity contribution >= 4 is 50.4 Å². The zero-order chi connectivity index (χ0) is 39.4. The number of nitrogens with one attached hydrogen (secondary N) is 3. The molecular weight excluding hydrogens is 719 g/mol. The van der Waals surface area contributed by atoms with E-state index in [2.05, 4.69) is 26.9 Å². The predicted octanol–water partition coefficient (Wildman–Crippen LogP) is 3.47. The Kier molecular flexibility index (Phi) is 12.0. The molecule has 3 aliphatic rings. The van der Waals surface area contributed by atoms with Crippen LogP contribution in [0, 0.1) is 5.92 Å². The van der Waals surface area contributed by atoms with E-state index in [-0.39, 0.29) is 43.9 Å². The van der Waals surface area contributed by atoms with Crippen LogP contribution in [0.1, 0.15) is 72.6 Å². The van der Waals surface area contributed by atoms with Gasteiger partial charge in [-0.1, -0.05) is 19.1 Å². The molecule has 2 aromatic rings. The molecule has 0 spiro atoms. The SMILES string of the molecule is C=CC1CC1(NC(=O)C1CC(Oc2nccc3cc(OC)ccc23)CN1C(=O)C(CCC(=O)C=CCC)NC(=O)OC(C)(C)C)C(=O)NS(=O)(=O)C1CC1. The number of ketones is 1. The van der Waals surface area contributed by atoms with Gasteiger partial charge in [-0.3, -0.25) is 23.9 Å². The van der Waals surface area contributed by atoms with Crippen molar-refractivity contribution in [2.45, 2.75) is 107 Å². The monoisotopic (exact) mass is 767 g/mol. The smallest absolute Gasteiger partial charge is 0.408 e. The van der Waals surface area contributed by atoms with Gasteiger partial charge in [0.15, 0.2) is 5.78 Å². The predicted molar refractivity (Wildman–Crippen MR) is 199 cm³/mol. The molecule has 2 aliphatic carbocycles. The maximum atomic E-state index is 14.5. The molecule has 0 radical (unpaired) electrons. The highest BCUT2D eigenvalue weighted by Gasteiger charge is 2.62. The van der Waals surface area contributed by atoms with Crippen molar-refractivity contribution in [2.24, 2.45) is 5.92 Å². The van der Waals surface area contributed by atoms with Gasteiger partial charge in [0, 0.05) is 30.3 Å². The minimum Gasteiger partial charge on any atom is -0.497 e. The zero-order valence-electron chi connectivity index (χ0n) is 31.3. The number of hydrogen-bond acceptors (Lipinski definition) is 11. The van der Waals surface area contributed by atoms with E-state index in [9.17, 15) is 32.4 Å². The fraction of sp³-hybridized carbons (Fsp3) is 0.526. The van der Waals surface area contributed by atoms with Gasteiger partial charge in [-0.2, -0.15) is 0 Å². The van der Waals surface area contributed by atoms with Crippen LogP contribution in [0.2, 0.25) is 0 Å². The van der Waals surface area contributed by atoms with Gasteiger partial charge in [-0.05, 0) is 88.6 Å². The van der Waals surface area contributed by atoms with Crippen LogP contribution < -0.4 is 24.8 Å². The lowest BCUT2D eigenvalue weighted by molar-refractivity contribution is -0.141. The van der Waals surface area contributed by atoms with Crippen LogP contribution in [0.25, 0.3) is 10.8 Å². The molecule has 1 aliphatic heterocycles. The lowest BCUT2D eigenvalue weighted by Gasteiger charge is -2.30. The Labute approximate surface area is 315 Å². The summed E-state index contributed by atoms with van der Waals surface area (Å²) in [5.41, 5.74) is -2.49. The molecule has 0 bridgehead atoms. The highest BCUT2D eigenvalue weighted by atomic mass is 32.2. The fourth-order valence-electron chi connectivity index (χ4n) is 6.43. The summed E-state index contributed by atoms with van der Waals surface area (Å²) >= 11 is 0. The minimum atomic E-state index is -3.93. The number of benzene rings is 1. The number of carbonyl (C=O) groups excluding carboxylic acids is 5. The van der Waals surface area contributed by atoms with Crippen molar-refractivity contribution in [3.05, 3.63) is 55.3 Å². The van der Waals surface area contributed by atoms with Gasteiger partial charge in [0.25, 0.3) is 5.91 Å². The van der Waals surface area contributed by atoms with Gasteiger partial charge in [-0.15, -0.1) is 6.58 Å². The summed E-state index contributed by atoms with van der Waals surface area (Å²) in [6.07, 6.45) is 5.85. The number of nitrogens with zero attached hydrogens (tertiary/aromatic N) is 2. The largest absolute Gasteiger partial charge is 0.497 e. The molecule has 1 aromatic heterocycles. The van der Waals surface area contributed by atoms with Gasteiger partial charge in [0.05, 0.1) is 18.9 Å². The Bertz CT molecular complexity index is 1940. The first-order valence-electron chi connectivity index (χ1n) is 18.1. The fourth-order valence-corrected chi connectivity index (χ4v) is 7.79. The van der Waals surface area contributed by atoms with Crippen LogP contribution in [0.3, 0.4) is 0 Å². The van der Waals surface area contributed by atoms with E-state index in [1.54, 1.807) is 58.4 Å². The highest BCUT2D eigenvalue weighted by Crippen LogP contribution is 2.45. The molecule has 5 atom stereocenters. The lowest BCUT2D eigenvalue weighted by Crippen LogP contribution is -2.58. The standard InChI is InChI=1S/C38H49N5O10S/c1-7-9-10-25(44)11-16-30(40-36(48)53-37(3,4)5)34(46)43-22-27(52-33-29-15-12-26(51-6)19-23(29)17-18-39-33)20-31(43)32(45)41-38(21-24(38)8-2)35(47)42-54(49,50)28-13-14-28/h8-10,12,15,17-19,24,27-28,30-31H,2,7,11,13-14,16,20-22H2,1,3-6H3,(H,40,48)(H,41,45)(H,42,47). The number of fused-ring (bicyclic) bond motifs is 1. The van der Waals surface area contributed by atoms with Crippen molar-refractivity contribution in [3.8, 4) is 11.6 Å². The van der Waals surface area contributed by atoms with E-state index in [1.165, 1.54) is 17.1 Å². The Morgan fingerprint density at radius 1 is 1.15 bits per heavy atom. The average molecular weight is 768 g/mol. The maximum Gasteiger partial charge on any atom is 0.408 e. The Balaban J connectivity index is 1.44. The molecule has 54 heavy (non-hydrogen) atoms. The first-order chi connectivity index (χ1) is 25.5. The summed E-state index contributed by atoms with van der Waals surface area (Å²) in [5, 5.41) is 6.11. The third kappa shape index (κ3) is 9.56. The molecule has 292 valence electrons. The van der Waals surface area contributed by atoms with E-state index in [1.807, 2.05) is 13.0 Å². The normalized spacial score (nSPS) is 23.0. The Hall–Kier alpha value is -4.99. The van der Waals surface area contributed by atoms with Crippen LogP contribution in [-0.4, -0.2) is 96.1 Å². The molecule has 1 saturated heterocycles. The van der Waals surface area contributed by atoms with E-state index in [4.69, 9.17) is 14.2 Å². The van der Waals surface area contributed by atoms with Gasteiger partial charge in [0.2, 0.25) is 27.7 Å². The molecule has 15 nitrogen and oxygen atoms in total. The highest BCUT2D eigenvalue weighted by molar-refractivity contribution is 7.91. The number of aromatic nitrogens is 1. The number of allylic oxidation sites excluding steroid dienone is 2. The second-order valence-electron chi connectivity index (χ2n) is 14.9. The number of amides is 4. The zero-order valence-corrected chi connectivity index (χ0v) is 32.1. The van der Waals surface area contributed by atoms with Crippen LogP contribution in [0.15, 0.2) is 55.3 Å². The third-order valence-corrected chi connectivity index (χ3v) is 11.3. The average Bonchev–Trinajstić information content (AvgIpc) is 4.04. The topological polar surface area (TPSA) is 199 Å². The van der Waals surface area contributed by atoms with E-state index in [0.29, 0.717) is 30.4 Å². The third-order valence-electron chi connectivity index (χ3n) is 9.52. The number of alkyl carbamates (subject to hydrolysis) is 1. The number of ether oxygens (including phenoxy) is 3. The first-order valence-corrected chi connectivity index (χ1v) is 19.6. The molecule has 2 saturated carbocycles. The minimum absolute atomic E-state index is 0.0417. The molecule has 3 N–H and O–H groups in total. The number of methoxy groups -OCH3 is 1. The molecular formula is C38H49N5O10S. The Morgan fingerprint density at radius 3 is 2.52 bits per heavy atom. The number of likely N-dealkylation sites (tertiary alicyclic amines) is 1. The molecule has 5 rings (SSSR count). The molecule has 1 aromatic carbocycles. The van der Waals surface area contributed by atoms with Gasteiger partial charge in [0.1, 0.15) is 35.1 Å². The first kappa shape index (κ1) is 40.2. The van der Waals surface area contributed by atoms with Crippen molar-refractivity contribution in [2.75, 3.05) is 13.7 Å². The second kappa shape index (κ2) is 16.2. The summed E-state index contributed by atoms with van der Waals surface area (Å²) in [4.78, 5) is 73.5. The van der Waals surface area contributed by atoms with Crippen LogP contribution in [0.4, 0.5) is 4.79 Å². The van der Waals surface area contributed by atoms with Crippen molar-refractivity contribution in [1.29, 1.82) is 0 Å². The molecule has 3 fully saturated rings. The lowest BCUT2D eigenvalue weighted by atomic mass is 10.1. The van der Waals surface area contributed by atoms with Gasteiger partial charge in [-0.25, -0.2) is 18.2 Å². The summed E-state index contributed by atoms with van der Waals surface area (Å²) < 4.78 is 44.6. The van der Waals surface area contributed by atoms with Crippen molar-refractivity contribution < 1.29 is 46.6 Å². The summed E-state index contributed by atoms with van der Waals surface area (Å²) in [6.45, 7) is 10.5. The van der Waals surface area contributed by atoms with Crippen molar-refractivity contribution in [3.63, 3.8) is 0 Å². The van der Waals surface area contributed by atoms with Crippen LogP contribution in [0.5, 0.6) is 11.6 Å². The number of rotatable bonds is 16. The molecule has 16 heteroatoms. The maximum absolute atomic E-state index is 14.5. The van der Waals surface area contributed by atoms with Crippen LogP contribution >= 0.6 is 0 Å². The summed E-state index contributed by atoms with van der Waals surface area (Å²) in [7, 11) is -2.38. The Morgan fingerprint density at radius 2 is 1.89 bits per heavy atom. The number of pyridine rings is 1. The quantitative estimate of drug-likeness (QED) is 0.167. The number of carbonyl (C=O) groups is 5. The molecule has 5 unspecified atom stereocenters.